The van der Waals surface area contributed by atoms with Crippen molar-refractivity contribution in [3.05, 3.63) is 59.8 Å². The van der Waals surface area contributed by atoms with Crippen LogP contribution in [0.25, 0.3) is 5.69 Å². The first-order valence-electron chi connectivity index (χ1n) is 11.6. The van der Waals surface area contributed by atoms with Crippen LogP contribution in [0.1, 0.15) is 49.2 Å². The van der Waals surface area contributed by atoms with Gasteiger partial charge < -0.3 is 15.2 Å². The maximum absolute atomic E-state index is 13.3. The number of carbonyl (C=O) groups excluding carboxylic acids is 1. The lowest BCUT2D eigenvalue weighted by molar-refractivity contribution is -0.117. The summed E-state index contributed by atoms with van der Waals surface area (Å²) in [7, 11) is -4.06. The molecule has 1 heterocycles. The molecular weight excluding hydrogens is 484 g/mol. The summed E-state index contributed by atoms with van der Waals surface area (Å²) in [5.74, 6) is -1.43. The molecule has 2 aromatic carbocycles. The molecule has 1 atom stereocenters. The number of hydrogen-bond acceptors (Lipinski definition) is 6. The van der Waals surface area contributed by atoms with E-state index in [1.165, 1.54) is 16.8 Å². The van der Waals surface area contributed by atoms with Crippen LogP contribution in [0.4, 0.5) is 5.69 Å². The second-order valence-electron chi connectivity index (χ2n) is 8.79. The Morgan fingerprint density at radius 2 is 1.89 bits per heavy atom. The van der Waals surface area contributed by atoms with E-state index >= 15 is 0 Å². The van der Waals surface area contributed by atoms with Crippen LogP contribution >= 0.6 is 0 Å². The van der Waals surface area contributed by atoms with Crippen molar-refractivity contribution in [2.24, 2.45) is 5.92 Å². The summed E-state index contributed by atoms with van der Waals surface area (Å²) < 4.78 is 36.7. The molecule has 36 heavy (non-hydrogen) atoms. The number of nitrogens with zero attached hydrogens (tertiary/aromatic N) is 2. The molecule has 1 aromatic heterocycles. The molecule has 1 aliphatic carbocycles. The van der Waals surface area contributed by atoms with Crippen LogP contribution in [0.2, 0.25) is 0 Å². The van der Waals surface area contributed by atoms with E-state index in [4.69, 9.17) is 4.74 Å². The van der Waals surface area contributed by atoms with Crippen LogP contribution < -0.4 is 14.8 Å². The lowest BCUT2D eigenvalue weighted by Gasteiger charge is -2.17. The van der Waals surface area contributed by atoms with Gasteiger partial charge in [-0.15, -0.1) is 0 Å². The van der Waals surface area contributed by atoms with Crippen LogP contribution in [0.5, 0.6) is 11.6 Å². The van der Waals surface area contributed by atoms with E-state index < -0.39 is 16.0 Å². The molecule has 1 fully saturated rings. The van der Waals surface area contributed by atoms with E-state index in [2.05, 4.69) is 15.1 Å². The normalized spacial score (nSPS) is 14.3. The summed E-state index contributed by atoms with van der Waals surface area (Å²) in [6.07, 6.45) is 2.18. The minimum atomic E-state index is -4.06. The van der Waals surface area contributed by atoms with Crippen molar-refractivity contribution in [2.75, 3.05) is 5.32 Å². The number of carbonyl (C=O) groups is 2. The number of benzene rings is 2. The Morgan fingerprint density at radius 1 is 1.19 bits per heavy atom. The zero-order valence-electron chi connectivity index (χ0n) is 20.2. The molecule has 11 heteroatoms. The molecule has 1 saturated carbocycles. The fourth-order valence-electron chi connectivity index (χ4n) is 3.53. The molecule has 0 spiro atoms. The van der Waals surface area contributed by atoms with Gasteiger partial charge >= 0.3 is 5.97 Å². The SMILES string of the molecule is CC[C@@H](C)NS(=O)(=O)c1cc(NC(=O)C2CC2)ccc1Oc1c(C)c(C(=O)O)nn1-c1ccccc1. The molecule has 4 rings (SSSR count). The van der Waals surface area contributed by atoms with E-state index in [9.17, 15) is 23.1 Å². The highest BCUT2D eigenvalue weighted by atomic mass is 32.2. The summed E-state index contributed by atoms with van der Waals surface area (Å²) in [5, 5.41) is 16.6. The Kier molecular flexibility index (Phi) is 7.14. The average Bonchev–Trinajstić information content (AvgIpc) is 3.65. The number of nitrogens with one attached hydrogen (secondary N) is 2. The monoisotopic (exact) mass is 512 g/mol. The van der Waals surface area contributed by atoms with Gasteiger partial charge in [0.15, 0.2) is 5.69 Å². The predicted octanol–water partition coefficient (Wildman–Crippen LogP) is 4.10. The van der Waals surface area contributed by atoms with Gasteiger partial charge in [0.25, 0.3) is 0 Å². The minimum absolute atomic E-state index is 0.0349. The molecule has 3 aromatic rings. The topological polar surface area (TPSA) is 140 Å². The second-order valence-corrected chi connectivity index (χ2v) is 10.5. The first-order chi connectivity index (χ1) is 17.1. The zero-order chi connectivity index (χ0) is 26.0. The molecule has 3 N–H and O–H groups in total. The zero-order valence-corrected chi connectivity index (χ0v) is 21.0. The predicted molar refractivity (Wildman–Crippen MR) is 133 cm³/mol. The van der Waals surface area contributed by atoms with Crippen LogP contribution in [0, 0.1) is 12.8 Å². The van der Waals surface area contributed by atoms with Gasteiger partial charge in [0, 0.05) is 23.2 Å². The summed E-state index contributed by atoms with van der Waals surface area (Å²) in [6.45, 7) is 5.14. The largest absolute Gasteiger partial charge is 0.476 e. The number of amides is 1. The summed E-state index contributed by atoms with van der Waals surface area (Å²) >= 11 is 0. The van der Waals surface area contributed by atoms with Crippen molar-refractivity contribution in [3.8, 4) is 17.3 Å². The molecule has 0 bridgehead atoms. The van der Waals surface area contributed by atoms with E-state index in [1.807, 2.05) is 6.92 Å². The quantitative estimate of drug-likeness (QED) is 0.372. The number of hydrogen-bond donors (Lipinski definition) is 3. The third-order valence-corrected chi connectivity index (χ3v) is 7.51. The molecule has 1 amide bonds. The maximum Gasteiger partial charge on any atom is 0.356 e. The van der Waals surface area contributed by atoms with Gasteiger partial charge in [-0.2, -0.15) is 9.78 Å². The van der Waals surface area contributed by atoms with Crippen molar-refractivity contribution < 1.29 is 27.9 Å². The Hall–Kier alpha value is -3.70. The smallest absolute Gasteiger partial charge is 0.356 e. The summed E-state index contributed by atoms with van der Waals surface area (Å²) in [4.78, 5) is 23.9. The third-order valence-electron chi connectivity index (χ3n) is 5.90. The third kappa shape index (κ3) is 5.42. The van der Waals surface area contributed by atoms with Crippen LogP contribution in [0.3, 0.4) is 0 Å². The molecule has 0 saturated heterocycles. The molecule has 190 valence electrons. The van der Waals surface area contributed by atoms with E-state index in [1.54, 1.807) is 50.2 Å². The molecule has 0 aliphatic heterocycles. The highest BCUT2D eigenvalue weighted by Crippen LogP contribution is 2.36. The van der Waals surface area contributed by atoms with E-state index in [-0.39, 0.29) is 45.6 Å². The van der Waals surface area contributed by atoms with Crippen LogP contribution in [-0.2, 0) is 14.8 Å². The molecule has 0 unspecified atom stereocenters. The first-order valence-corrected chi connectivity index (χ1v) is 13.1. The van der Waals surface area contributed by atoms with Gasteiger partial charge in [0.05, 0.1) is 5.69 Å². The Labute approximate surface area is 209 Å². The molecule has 0 radical (unpaired) electrons. The molecular formula is C25H28N4O6S. The van der Waals surface area contributed by atoms with E-state index in [0.717, 1.165) is 12.8 Å². The minimum Gasteiger partial charge on any atom is -0.476 e. The van der Waals surface area contributed by atoms with Crippen molar-refractivity contribution in [1.29, 1.82) is 0 Å². The number of carboxylic acid groups (broad SMARTS) is 1. The van der Waals surface area contributed by atoms with Crippen molar-refractivity contribution in [3.63, 3.8) is 0 Å². The molecule has 10 nitrogen and oxygen atoms in total. The Bertz CT molecular complexity index is 1400. The maximum atomic E-state index is 13.3. The van der Waals surface area contributed by atoms with Crippen LogP contribution in [-0.4, -0.2) is 41.2 Å². The molecule has 1 aliphatic rings. The van der Waals surface area contributed by atoms with E-state index in [0.29, 0.717) is 17.8 Å². The highest BCUT2D eigenvalue weighted by Gasteiger charge is 2.31. The van der Waals surface area contributed by atoms with Gasteiger partial charge in [-0.05, 0) is 63.4 Å². The number of para-hydroxylation sites is 1. The number of carboxylic acids is 1. The first kappa shape index (κ1) is 25.4. The number of ether oxygens (including phenoxy) is 1. The Morgan fingerprint density at radius 3 is 2.50 bits per heavy atom. The number of sulfonamides is 1. The lowest BCUT2D eigenvalue weighted by atomic mass is 10.2. The van der Waals surface area contributed by atoms with Crippen molar-refractivity contribution in [1.82, 2.24) is 14.5 Å². The summed E-state index contributed by atoms with van der Waals surface area (Å²) in [6, 6.07) is 12.8. The fourth-order valence-corrected chi connectivity index (χ4v) is 5.01. The van der Waals surface area contributed by atoms with Gasteiger partial charge in [0.2, 0.25) is 21.8 Å². The summed E-state index contributed by atoms with van der Waals surface area (Å²) in [5.41, 5.74) is 0.877. The van der Waals surface area contributed by atoms with Gasteiger partial charge in [0.1, 0.15) is 10.6 Å². The standard InChI is InChI=1S/C25H28N4O6S/c1-4-15(2)28-36(33,34)21-14-18(26-23(30)17-10-11-17)12-13-20(21)35-24-16(3)22(25(31)32)27-29(24)19-8-6-5-7-9-19/h5-9,12-15,17,28H,4,10-11H2,1-3H3,(H,26,30)(H,31,32)/t15-/m1/s1. The lowest BCUT2D eigenvalue weighted by Crippen LogP contribution is -2.32. The fraction of sp³-hybridized carbons (Fsp3) is 0.320. The van der Waals surface area contributed by atoms with Gasteiger partial charge in [-0.1, -0.05) is 25.1 Å². The Balaban J connectivity index is 1.81. The van der Waals surface area contributed by atoms with Gasteiger partial charge in [-0.3, -0.25) is 4.79 Å². The van der Waals surface area contributed by atoms with Crippen LogP contribution in [0.15, 0.2) is 53.4 Å². The highest BCUT2D eigenvalue weighted by molar-refractivity contribution is 7.89. The second kappa shape index (κ2) is 10.1. The number of rotatable bonds is 10. The number of aromatic carboxylic acids is 1. The number of anilines is 1. The number of aromatic nitrogens is 2. The van der Waals surface area contributed by atoms with Gasteiger partial charge in [-0.25, -0.2) is 17.9 Å². The van der Waals surface area contributed by atoms with Crippen molar-refractivity contribution >= 4 is 27.6 Å². The average molecular weight is 513 g/mol. The van der Waals surface area contributed by atoms with Crippen molar-refractivity contribution in [2.45, 2.75) is 51.0 Å².